The second kappa shape index (κ2) is 3.96. The number of hydrogen-bond donors (Lipinski definition) is 1. The van der Waals surface area contributed by atoms with E-state index in [9.17, 15) is 4.79 Å². The number of Topliss-reactive ketones (excluding diaryl/α,β-unsaturated/α-hetero) is 1. The van der Waals surface area contributed by atoms with E-state index in [1.807, 2.05) is 19.9 Å². The quantitative estimate of drug-likeness (QED) is 0.753. The Kier molecular flexibility index (Phi) is 2.78. The third kappa shape index (κ3) is 1.74. The Morgan fingerprint density at radius 3 is 2.88 bits per heavy atom. The monoisotopic (exact) mass is 220 g/mol. The molecule has 0 saturated carbocycles. The van der Waals surface area contributed by atoms with Crippen LogP contribution < -0.4 is 5.73 Å². The van der Waals surface area contributed by atoms with Crippen LogP contribution in [0.15, 0.2) is 18.3 Å². The summed E-state index contributed by atoms with van der Waals surface area (Å²) < 4.78 is 5.27. The van der Waals surface area contributed by atoms with Crippen molar-refractivity contribution in [3.63, 3.8) is 0 Å². The summed E-state index contributed by atoms with van der Waals surface area (Å²) in [6.45, 7) is 4.58. The zero-order valence-corrected chi connectivity index (χ0v) is 9.56. The lowest BCUT2D eigenvalue weighted by Crippen LogP contribution is -2.44. The van der Waals surface area contributed by atoms with Crippen LogP contribution in [0.5, 0.6) is 0 Å². The maximum absolute atomic E-state index is 12.3. The van der Waals surface area contributed by atoms with Crippen LogP contribution in [0.4, 0.5) is 0 Å². The van der Waals surface area contributed by atoms with Crippen molar-refractivity contribution in [2.24, 2.45) is 11.1 Å². The van der Waals surface area contributed by atoms with Crippen LogP contribution in [0.3, 0.4) is 0 Å². The smallest absolute Gasteiger partial charge is 0.174 e. The van der Waals surface area contributed by atoms with Gasteiger partial charge in [0.1, 0.15) is 0 Å². The number of ketones is 1. The van der Waals surface area contributed by atoms with Gasteiger partial charge in [-0.15, -0.1) is 0 Å². The maximum Gasteiger partial charge on any atom is 0.174 e. The van der Waals surface area contributed by atoms with E-state index in [4.69, 9.17) is 10.5 Å². The SMILES string of the molecule is Cc1ccc(C(=O)C2(C)COCC2N)cn1. The summed E-state index contributed by atoms with van der Waals surface area (Å²) in [5.74, 6) is 0.0185. The number of carbonyl (C=O) groups is 1. The molecule has 2 unspecified atom stereocenters. The predicted octanol–water partition coefficient (Wildman–Crippen LogP) is 0.937. The fourth-order valence-electron chi connectivity index (χ4n) is 1.85. The molecule has 1 fully saturated rings. The fourth-order valence-corrected chi connectivity index (χ4v) is 1.85. The molecule has 0 amide bonds. The number of ether oxygens (including phenoxy) is 1. The molecule has 1 aliphatic rings. The molecule has 2 rings (SSSR count). The van der Waals surface area contributed by atoms with Gasteiger partial charge >= 0.3 is 0 Å². The van der Waals surface area contributed by atoms with Gasteiger partial charge < -0.3 is 10.5 Å². The van der Waals surface area contributed by atoms with Crippen molar-refractivity contribution < 1.29 is 9.53 Å². The van der Waals surface area contributed by atoms with Gasteiger partial charge in [-0.05, 0) is 26.0 Å². The molecule has 0 bridgehead atoms. The van der Waals surface area contributed by atoms with Crippen molar-refractivity contribution >= 4 is 5.78 Å². The van der Waals surface area contributed by atoms with E-state index >= 15 is 0 Å². The Balaban J connectivity index is 2.28. The first kappa shape index (κ1) is 11.2. The van der Waals surface area contributed by atoms with Crippen molar-refractivity contribution in [2.75, 3.05) is 13.2 Å². The number of pyridine rings is 1. The van der Waals surface area contributed by atoms with Crippen LogP contribution in [0.1, 0.15) is 23.0 Å². The number of hydrogen-bond acceptors (Lipinski definition) is 4. The number of aromatic nitrogens is 1. The molecule has 2 N–H and O–H groups in total. The summed E-state index contributed by atoms with van der Waals surface area (Å²) in [7, 11) is 0. The average Bonchev–Trinajstić information content (AvgIpc) is 2.61. The minimum absolute atomic E-state index is 0.0185. The molecule has 16 heavy (non-hydrogen) atoms. The van der Waals surface area contributed by atoms with Gasteiger partial charge in [-0.2, -0.15) is 0 Å². The number of carbonyl (C=O) groups excluding carboxylic acids is 1. The fraction of sp³-hybridized carbons (Fsp3) is 0.500. The van der Waals surface area contributed by atoms with Crippen molar-refractivity contribution in [3.05, 3.63) is 29.6 Å². The highest BCUT2D eigenvalue weighted by molar-refractivity contribution is 6.00. The highest BCUT2D eigenvalue weighted by Crippen LogP contribution is 2.30. The van der Waals surface area contributed by atoms with E-state index in [-0.39, 0.29) is 11.8 Å². The van der Waals surface area contributed by atoms with Gasteiger partial charge in [-0.25, -0.2) is 0 Å². The minimum atomic E-state index is -0.614. The average molecular weight is 220 g/mol. The molecule has 1 aliphatic heterocycles. The zero-order valence-electron chi connectivity index (χ0n) is 9.56. The molecule has 4 nitrogen and oxygen atoms in total. The number of nitrogens with zero attached hydrogens (tertiary/aromatic N) is 1. The van der Waals surface area contributed by atoms with Crippen LogP contribution in [-0.2, 0) is 4.74 Å². The van der Waals surface area contributed by atoms with Crippen molar-refractivity contribution in [3.8, 4) is 0 Å². The van der Waals surface area contributed by atoms with E-state index in [1.165, 1.54) is 0 Å². The third-order valence-electron chi connectivity index (χ3n) is 3.21. The third-order valence-corrected chi connectivity index (χ3v) is 3.21. The van der Waals surface area contributed by atoms with E-state index in [1.54, 1.807) is 12.3 Å². The molecule has 4 heteroatoms. The summed E-state index contributed by atoms with van der Waals surface area (Å²) in [6, 6.07) is 3.39. The Hall–Kier alpha value is -1.26. The topological polar surface area (TPSA) is 65.2 Å². The Morgan fingerprint density at radius 2 is 2.38 bits per heavy atom. The molecular weight excluding hydrogens is 204 g/mol. The molecule has 0 radical (unpaired) electrons. The lowest BCUT2D eigenvalue weighted by molar-refractivity contribution is 0.0767. The molecule has 2 atom stereocenters. The minimum Gasteiger partial charge on any atom is -0.379 e. The van der Waals surface area contributed by atoms with Gasteiger partial charge in [0.15, 0.2) is 5.78 Å². The Labute approximate surface area is 94.8 Å². The molecule has 86 valence electrons. The van der Waals surface area contributed by atoms with Gasteiger partial charge in [0, 0.05) is 23.5 Å². The molecule has 1 saturated heterocycles. The standard InChI is InChI=1S/C12H16N2O2/c1-8-3-4-9(5-14-8)11(15)12(2)7-16-6-10(12)13/h3-5,10H,6-7,13H2,1-2H3. The number of nitrogens with two attached hydrogens (primary N) is 1. The van der Waals surface area contributed by atoms with Gasteiger partial charge in [-0.1, -0.05) is 0 Å². The summed E-state index contributed by atoms with van der Waals surface area (Å²) in [5.41, 5.74) is 6.80. The van der Waals surface area contributed by atoms with Crippen molar-refractivity contribution in [1.82, 2.24) is 4.98 Å². The van der Waals surface area contributed by atoms with Gasteiger partial charge in [-0.3, -0.25) is 9.78 Å². The first-order valence-corrected chi connectivity index (χ1v) is 5.35. The van der Waals surface area contributed by atoms with Gasteiger partial charge in [0.05, 0.1) is 18.6 Å². The highest BCUT2D eigenvalue weighted by atomic mass is 16.5. The maximum atomic E-state index is 12.3. The van der Waals surface area contributed by atoms with E-state index in [0.29, 0.717) is 18.8 Å². The second-order valence-corrected chi connectivity index (χ2v) is 4.56. The van der Waals surface area contributed by atoms with Crippen LogP contribution in [0.2, 0.25) is 0 Å². The van der Waals surface area contributed by atoms with Gasteiger partial charge in [0.25, 0.3) is 0 Å². The summed E-state index contributed by atoms with van der Waals surface area (Å²) in [5, 5.41) is 0. The van der Waals surface area contributed by atoms with Crippen LogP contribution in [0, 0.1) is 12.3 Å². The Morgan fingerprint density at radius 1 is 1.62 bits per heavy atom. The van der Waals surface area contributed by atoms with Gasteiger partial charge in [0.2, 0.25) is 0 Å². The summed E-state index contributed by atoms with van der Waals surface area (Å²) in [4.78, 5) is 16.4. The van der Waals surface area contributed by atoms with E-state index < -0.39 is 5.41 Å². The van der Waals surface area contributed by atoms with E-state index in [2.05, 4.69) is 4.98 Å². The first-order valence-electron chi connectivity index (χ1n) is 5.35. The predicted molar refractivity (Wildman–Crippen MR) is 60.2 cm³/mol. The molecule has 1 aromatic heterocycles. The normalized spacial score (nSPS) is 29.3. The van der Waals surface area contributed by atoms with Crippen molar-refractivity contribution in [1.29, 1.82) is 0 Å². The lowest BCUT2D eigenvalue weighted by Gasteiger charge is -2.24. The highest BCUT2D eigenvalue weighted by Gasteiger charge is 2.44. The van der Waals surface area contributed by atoms with Crippen molar-refractivity contribution in [2.45, 2.75) is 19.9 Å². The van der Waals surface area contributed by atoms with Crippen LogP contribution in [-0.4, -0.2) is 30.0 Å². The van der Waals surface area contributed by atoms with Crippen LogP contribution >= 0.6 is 0 Å². The molecule has 0 aromatic carbocycles. The van der Waals surface area contributed by atoms with Crippen LogP contribution in [0.25, 0.3) is 0 Å². The largest absolute Gasteiger partial charge is 0.379 e. The Bertz CT molecular complexity index is 402. The molecule has 1 aromatic rings. The first-order chi connectivity index (χ1) is 7.54. The van der Waals surface area contributed by atoms with E-state index in [0.717, 1.165) is 5.69 Å². The number of rotatable bonds is 2. The molecule has 0 aliphatic carbocycles. The lowest BCUT2D eigenvalue weighted by atomic mass is 9.79. The molecule has 2 heterocycles. The molecule has 0 spiro atoms. The summed E-state index contributed by atoms with van der Waals surface area (Å²) >= 11 is 0. The number of aryl methyl sites for hydroxylation is 1. The zero-order chi connectivity index (χ0) is 11.8. The summed E-state index contributed by atoms with van der Waals surface area (Å²) in [6.07, 6.45) is 1.61. The second-order valence-electron chi connectivity index (χ2n) is 4.56. The molecular formula is C12H16N2O2.